The SMILES string of the molecule is C[C@H]1CN(C)C[C@@]12COCCN(C(=O)NCc1cccc(F)c1)C2. The second-order valence-electron chi connectivity index (χ2n) is 7.22. The maximum absolute atomic E-state index is 13.2. The van der Waals surface area contributed by atoms with Gasteiger partial charge in [-0.3, -0.25) is 0 Å². The molecule has 1 spiro atoms. The van der Waals surface area contributed by atoms with Gasteiger partial charge in [0.15, 0.2) is 0 Å². The van der Waals surface area contributed by atoms with Crippen molar-refractivity contribution in [1.82, 2.24) is 15.1 Å². The minimum atomic E-state index is -0.285. The lowest BCUT2D eigenvalue weighted by Gasteiger charge is -2.35. The molecule has 132 valence electrons. The highest BCUT2D eigenvalue weighted by Crippen LogP contribution is 2.37. The Balaban J connectivity index is 1.63. The van der Waals surface area contributed by atoms with Crippen molar-refractivity contribution in [1.29, 1.82) is 0 Å². The summed E-state index contributed by atoms with van der Waals surface area (Å²) < 4.78 is 19.0. The standard InChI is InChI=1S/C18H26FN3O2/c1-14-10-21(2)11-18(14)12-22(6-7-24-13-18)17(23)20-9-15-4-3-5-16(19)8-15/h3-5,8,14H,6-7,9-13H2,1-2H3,(H,20,23)/t14-,18+/m0/s1. The summed E-state index contributed by atoms with van der Waals surface area (Å²) in [6, 6.07) is 6.21. The molecule has 2 fully saturated rings. The molecule has 3 rings (SSSR count). The topological polar surface area (TPSA) is 44.8 Å². The zero-order valence-corrected chi connectivity index (χ0v) is 14.4. The maximum Gasteiger partial charge on any atom is 0.317 e. The number of likely N-dealkylation sites (tertiary alicyclic amines) is 1. The Labute approximate surface area is 142 Å². The Morgan fingerprint density at radius 3 is 3.00 bits per heavy atom. The van der Waals surface area contributed by atoms with Crippen LogP contribution in [0.1, 0.15) is 12.5 Å². The molecule has 2 amide bonds. The van der Waals surface area contributed by atoms with Crippen LogP contribution in [0, 0.1) is 17.2 Å². The first-order valence-corrected chi connectivity index (χ1v) is 8.52. The van der Waals surface area contributed by atoms with Gasteiger partial charge in [-0.2, -0.15) is 0 Å². The van der Waals surface area contributed by atoms with Gasteiger partial charge in [0, 0.05) is 38.1 Å². The first kappa shape index (κ1) is 17.2. The molecule has 0 bridgehead atoms. The summed E-state index contributed by atoms with van der Waals surface area (Å²) in [5, 5.41) is 2.91. The van der Waals surface area contributed by atoms with Crippen LogP contribution in [0.3, 0.4) is 0 Å². The van der Waals surface area contributed by atoms with Crippen LogP contribution >= 0.6 is 0 Å². The molecule has 24 heavy (non-hydrogen) atoms. The molecule has 5 nitrogen and oxygen atoms in total. The Morgan fingerprint density at radius 2 is 2.29 bits per heavy atom. The summed E-state index contributed by atoms with van der Waals surface area (Å²) in [5.41, 5.74) is 0.764. The van der Waals surface area contributed by atoms with E-state index in [1.165, 1.54) is 12.1 Å². The monoisotopic (exact) mass is 335 g/mol. The molecule has 0 unspecified atom stereocenters. The zero-order valence-electron chi connectivity index (χ0n) is 14.4. The van der Waals surface area contributed by atoms with Gasteiger partial charge >= 0.3 is 6.03 Å². The fourth-order valence-electron chi connectivity index (χ4n) is 3.88. The largest absolute Gasteiger partial charge is 0.379 e. The van der Waals surface area contributed by atoms with Crippen LogP contribution in [0.25, 0.3) is 0 Å². The quantitative estimate of drug-likeness (QED) is 0.898. The van der Waals surface area contributed by atoms with Gasteiger partial charge in [0.25, 0.3) is 0 Å². The molecule has 0 radical (unpaired) electrons. The molecule has 2 atom stereocenters. The lowest BCUT2D eigenvalue weighted by Crippen LogP contribution is -2.48. The van der Waals surface area contributed by atoms with Crippen LogP contribution in [-0.4, -0.2) is 62.3 Å². The number of carbonyl (C=O) groups is 1. The number of halogens is 1. The van der Waals surface area contributed by atoms with Crippen molar-refractivity contribution in [2.75, 3.05) is 46.4 Å². The van der Waals surface area contributed by atoms with Crippen molar-refractivity contribution in [3.8, 4) is 0 Å². The van der Waals surface area contributed by atoms with Crippen molar-refractivity contribution >= 4 is 6.03 Å². The molecule has 2 heterocycles. The molecule has 6 heteroatoms. The van der Waals surface area contributed by atoms with Gasteiger partial charge in [0.2, 0.25) is 0 Å². The van der Waals surface area contributed by atoms with Crippen molar-refractivity contribution in [3.05, 3.63) is 35.6 Å². The fourth-order valence-corrected chi connectivity index (χ4v) is 3.88. The van der Waals surface area contributed by atoms with E-state index in [9.17, 15) is 9.18 Å². The van der Waals surface area contributed by atoms with Crippen LogP contribution in [0.2, 0.25) is 0 Å². The fraction of sp³-hybridized carbons (Fsp3) is 0.611. The molecule has 1 N–H and O–H groups in total. The highest BCUT2D eigenvalue weighted by atomic mass is 19.1. The minimum Gasteiger partial charge on any atom is -0.379 e. The molecule has 2 saturated heterocycles. The van der Waals surface area contributed by atoms with Crippen molar-refractivity contribution < 1.29 is 13.9 Å². The van der Waals surface area contributed by atoms with Crippen molar-refractivity contribution in [2.45, 2.75) is 13.5 Å². The molecule has 0 aliphatic carbocycles. The summed E-state index contributed by atoms with van der Waals surface area (Å²) in [6.45, 7) is 7.10. The van der Waals surface area contributed by atoms with E-state index in [2.05, 4.69) is 24.2 Å². The van der Waals surface area contributed by atoms with Gasteiger partial charge in [-0.05, 0) is 30.7 Å². The number of rotatable bonds is 2. The van der Waals surface area contributed by atoms with E-state index in [-0.39, 0.29) is 17.3 Å². The third kappa shape index (κ3) is 3.70. The molecule has 2 aliphatic rings. The Morgan fingerprint density at radius 1 is 1.46 bits per heavy atom. The first-order chi connectivity index (χ1) is 11.5. The molecular formula is C18H26FN3O2. The van der Waals surface area contributed by atoms with Gasteiger partial charge in [0.05, 0.1) is 13.2 Å². The second-order valence-corrected chi connectivity index (χ2v) is 7.22. The van der Waals surface area contributed by atoms with E-state index >= 15 is 0 Å². The van der Waals surface area contributed by atoms with E-state index < -0.39 is 0 Å². The summed E-state index contributed by atoms with van der Waals surface area (Å²) in [6.07, 6.45) is 0. The number of nitrogens with one attached hydrogen (secondary N) is 1. The molecular weight excluding hydrogens is 309 g/mol. The molecule has 2 aliphatic heterocycles. The van der Waals surface area contributed by atoms with Gasteiger partial charge in [-0.25, -0.2) is 9.18 Å². The molecule has 1 aromatic carbocycles. The van der Waals surface area contributed by atoms with Gasteiger partial charge in [-0.15, -0.1) is 0 Å². The van der Waals surface area contributed by atoms with Crippen LogP contribution < -0.4 is 5.32 Å². The van der Waals surface area contributed by atoms with Crippen LogP contribution in [0.15, 0.2) is 24.3 Å². The third-order valence-corrected chi connectivity index (χ3v) is 5.24. The zero-order chi connectivity index (χ0) is 17.2. The molecule has 0 aromatic heterocycles. The number of amides is 2. The average molecular weight is 335 g/mol. The van der Waals surface area contributed by atoms with E-state index in [0.717, 1.165) is 18.7 Å². The number of carbonyl (C=O) groups excluding carboxylic acids is 1. The highest BCUT2D eigenvalue weighted by Gasteiger charge is 2.46. The summed E-state index contributed by atoms with van der Waals surface area (Å²) in [5.74, 6) is 0.200. The van der Waals surface area contributed by atoms with Crippen LogP contribution in [-0.2, 0) is 11.3 Å². The predicted octanol–water partition coefficient (Wildman–Crippen LogP) is 1.94. The average Bonchev–Trinajstić information content (AvgIpc) is 2.71. The number of hydrogen-bond acceptors (Lipinski definition) is 3. The molecule has 1 aromatic rings. The minimum absolute atomic E-state index is 0.00143. The highest BCUT2D eigenvalue weighted by molar-refractivity contribution is 5.74. The van der Waals surface area contributed by atoms with E-state index in [4.69, 9.17) is 4.74 Å². The maximum atomic E-state index is 13.2. The number of ether oxygens (including phenoxy) is 1. The Bertz CT molecular complexity index is 597. The van der Waals surface area contributed by atoms with Gasteiger partial charge < -0.3 is 19.9 Å². The lowest BCUT2D eigenvalue weighted by atomic mass is 9.79. The Hall–Kier alpha value is -1.66. The predicted molar refractivity (Wildman–Crippen MR) is 90.1 cm³/mol. The van der Waals surface area contributed by atoms with Crippen molar-refractivity contribution in [2.24, 2.45) is 11.3 Å². The number of urea groups is 1. The third-order valence-electron chi connectivity index (χ3n) is 5.24. The van der Waals surface area contributed by atoms with Crippen LogP contribution in [0.4, 0.5) is 9.18 Å². The van der Waals surface area contributed by atoms with E-state index in [1.807, 2.05) is 11.0 Å². The van der Waals surface area contributed by atoms with Gasteiger partial charge in [-0.1, -0.05) is 19.1 Å². The van der Waals surface area contributed by atoms with Crippen molar-refractivity contribution in [3.63, 3.8) is 0 Å². The second kappa shape index (κ2) is 7.07. The summed E-state index contributed by atoms with van der Waals surface area (Å²) >= 11 is 0. The van der Waals surface area contributed by atoms with Crippen LogP contribution in [0.5, 0.6) is 0 Å². The van der Waals surface area contributed by atoms with Gasteiger partial charge in [0.1, 0.15) is 5.82 Å². The number of hydrogen-bond donors (Lipinski definition) is 1. The number of benzene rings is 1. The number of nitrogens with zero attached hydrogens (tertiary/aromatic N) is 2. The molecule has 0 saturated carbocycles. The first-order valence-electron chi connectivity index (χ1n) is 8.52. The summed E-state index contributed by atoms with van der Waals surface area (Å²) in [4.78, 5) is 16.7. The summed E-state index contributed by atoms with van der Waals surface area (Å²) in [7, 11) is 2.12. The lowest BCUT2D eigenvalue weighted by molar-refractivity contribution is 0.0531. The van der Waals surface area contributed by atoms with E-state index in [0.29, 0.717) is 38.8 Å². The Kier molecular flexibility index (Phi) is 5.06. The smallest absolute Gasteiger partial charge is 0.317 e. The van der Waals surface area contributed by atoms with E-state index in [1.54, 1.807) is 6.07 Å². The normalized spacial score (nSPS) is 28.1.